The van der Waals surface area contributed by atoms with Crippen LogP contribution in [-0.4, -0.2) is 52.6 Å². The molecule has 0 radical (unpaired) electrons. The lowest BCUT2D eigenvalue weighted by atomic mass is 10.2. The molecule has 1 fully saturated rings. The minimum absolute atomic E-state index is 0.0295. The zero-order valence-electron chi connectivity index (χ0n) is 14.7. The van der Waals surface area contributed by atoms with Crippen LogP contribution in [0.2, 0.25) is 0 Å². The highest BCUT2D eigenvalue weighted by atomic mass is 16.5. The number of hydrogen-bond donors (Lipinski definition) is 1. The van der Waals surface area contributed by atoms with Crippen molar-refractivity contribution in [3.63, 3.8) is 0 Å². The molecule has 0 atom stereocenters. The van der Waals surface area contributed by atoms with Crippen molar-refractivity contribution < 1.29 is 14.3 Å². The van der Waals surface area contributed by atoms with Crippen LogP contribution in [0.15, 0.2) is 24.3 Å². The Kier molecular flexibility index (Phi) is 5.33. The largest absolute Gasteiger partial charge is 0.378 e. The van der Waals surface area contributed by atoms with Crippen molar-refractivity contribution in [1.82, 2.24) is 19.8 Å². The van der Waals surface area contributed by atoms with Crippen LogP contribution >= 0.6 is 0 Å². The summed E-state index contributed by atoms with van der Waals surface area (Å²) in [7, 11) is 0. The molecule has 0 bridgehead atoms. The molecule has 3 rings (SSSR count). The van der Waals surface area contributed by atoms with E-state index in [1.165, 1.54) is 0 Å². The van der Waals surface area contributed by atoms with Crippen LogP contribution in [0.25, 0.3) is 11.0 Å². The summed E-state index contributed by atoms with van der Waals surface area (Å²) in [6.45, 7) is 6.60. The fourth-order valence-electron chi connectivity index (χ4n) is 2.86. The minimum atomic E-state index is -0.0900. The van der Waals surface area contributed by atoms with Crippen LogP contribution < -0.4 is 5.32 Å². The Morgan fingerprint density at radius 3 is 2.68 bits per heavy atom. The first-order chi connectivity index (χ1) is 12.1. The number of benzene rings is 1. The molecule has 2 amide bonds. The molecule has 1 aromatic heterocycles. The van der Waals surface area contributed by atoms with E-state index in [0.717, 1.165) is 11.0 Å². The summed E-state index contributed by atoms with van der Waals surface area (Å²) in [6, 6.07) is 7.71. The third-order valence-electron chi connectivity index (χ3n) is 4.34. The van der Waals surface area contributed by atoms with Gasteiger partial charge in [-0.1, -0.05) is 26.0 Å². The maximum Gasteiger partial charge on any atom is 0.242 e. The molecular weight excluding hydrogens is 320 g/mol. The van der Waals surface area contributed by atoms with Crippen molar-refractivity contribution >= 4 is 22.8 Å². The van der Waals surface area contributed by atoms with Crippen molar-refractivity contribution in [2.45, 2.75) is 26.9 Å². The van der Waals surface area contributed by atoms with Gasteiger partial charge < -0.3 is 19.5 Å². The normalized spacial score (nSPS) is 14.9. The molecule has 1 aliphatic rings. The maximum atomic E-state index is 12.6. The zero-order valence-corrected chi connectivity index (χ0v) is 14.7. The molecule has 1 N–H and O–H groups in total. The molecule has 0 saturated carbocycles. The first-order valence-corrected chi connectivity index (χ1v) is 8.63. The summed E-state index contributed by atoms with van der Waals surface area (Å²) >= 11 is 0. The number of imidazole rings is 1. The SMILES string of the molecule is CC(C)C(=O)NCc1nc2ccccc2n1CC(=O)N1CCOCC1. The lowest BCUT2D eigenvalue weighted by molar-refractivity contribution is -0.135. The van der Waals surface area contributed by atoms with Gasteiger partial charge in [0.1, 0.15) is 12.4 Å². The Labute approximate surface area is 147 Å². The molecule has 0 spiro atoms. The summed E-state index contributed by atoms with van der Waals surface area (Å²) in [6.07, 6.45) is 0. The monoisotopic (exact) mass is 344 g/mol. The third kappa shape index (κ3) is 3.99. The first kappa shape index (κ1) is 17.4. The predicted molar refractivity (Wildman–Crippen MR) is 93.8 cm³/mol. The van der Waals surface area contributed by atoms with Gasteiger partial charge in [0, 0.05) is 19.0 Å². The molecule has 7 heteroatoms. The highest BCUT2D eigenvalue weighted by molar-refractivity contribution is 5.81. The van der Waals surface area contributed by atoms with E-state index in [1.807, 2.05) is 47.6 Å². The minimum Gasteiger partial charge on any atom is -0.378 e. The third-order valence-corrected chi connectivity index (χ3v) is 4.34. The number of fused-ring (bicyclic) bond motifs is 1. The van der Waals surface area contributed by atoms with Gasteiger partial charge in [-0.2, -0.15) is 0 Å². The first-order valence-electron chi connectivity index (χ1n) is 8.63. The second-order valence-electron chi connectivity index (χ2n) is 6.47. The Morgan fingerprint density at radius 2 is 1.96 bits per heavy atom. The molecule has 134 valence electrons. The van der Waals surface area contributed by atoms with Gasteiger partial charge in [0.2, 0.25) is 11.8 Å². The van der Waals surface area contributed by atoms with Gasteiger partial charge in [-0.15, -0.1) is 0 Å². The number of carbonyl (C=O) groups excluding carboxylic acids is 2. The highest BCUT2D eigenvalue weighted by Crippen LogP contribution is 2.17. The summed E-state index contributed by atoms with van der Waals surface area (Å²) in [4.78, 5) is 30.9. The van der Waals surface area contributed by atoms with Gasteiger partial charge in [-0.05, 0) is 12.1 Å². The lowest BCUT2D eigenvalue weighted by Crippen LogP contribution is -2.42. The molecular formula is C18H24N4O3. The van der Waals surface area contributed by atoms with Gasteiger partial charge >= 0.3 is 0 Å². The standard InChI is InChI=1S/C18H24N4O3/c1-13(2)18(24)19-11-16-20-14-5-3-4-6-15(14)22(16)12-17(23)21-7-9-25-10-8-21/h3-6,13H,7-12H2,1-2H3,(H,19,24). The quantitative estimate of drug-likeness (QED) is 0.883. The van der Waals surface area contributed by atoms with E-state index in [4.69, 9.17) is 4.74 Å². The Hall–Kier alpha value is -2.41. The van der Waals surface area contributed by atoms with E-state index in [0.29, 0.717) is 38.7 Å². The van der Waals surface area contributed by atoms with Crippen molar-refractivity contribution in [3.05, 3.63) is 30.1 Å². The lowest BCUT2D eigenvalue weighted by Gasteiger charge is -2.27. The molecule has 1 aliphatic heterocycles. The van der Waals surface area contributed by atoms with E-state index in [2.05, 4.69) is 10.3 Å². The Balaban J connectivity index is 1.82. The number of para-hydroxylation sites is 2. The average Bonchev–Trinajstić information content (AvgIpc) is 2.98. The van der Waals surface area contributed by atoms with Crippen molar-refractivity contribution in [2.24, 2.45) is 5.92 Å². The number of ether oxygens (including phenoxy) is 1. The summed E-state index contributed by atoms with van der Waals surface area (Å²) in [5.41, 5.74) is 1.73. The fourth-order valence-corrected chi connectivity index (χ4v) is 2.86. The zero-order chi connectivity index (χ0) is 17.8. The molecule has 0 aliphatic carbocycles. The number of nitrogens with one attached hydrogen (secondary N) is 1. The molecule has 0 unspecified atom stereocenters. The van der Waals surface area contributed by atoms with Gasteiger partial charge in [0.25, 0.3) is 0 Å². The molecule has 7 nitrogen and oxygen atoms in total. The summed E-state index contributed by atoms with van der Waals surface area (Å²) in [5.74, 6) is 0.616. The summed E-state index contributed by atoms with van der Waals surface area (Å²) in [5, 5.41) is 2.89. The number of rotatable bonds is 5. The van der Waals surface area contributed by atoms with Crippen LogP contribution in [0.1, 0.15) is 19.7 Å². The van der Waals surface area contributed by atoms with Crippen molar-refractivity contribution in [3.8, 4) is 0 Å². The topological polar surface area (TPSA) is 76.5 Å². The number of hydrogen-bond acceptors (Lipinski definition) is 4. The van der Waals surface area contributed by atoms with Crippen LogP contribution in [0.3, 0.4) is 0 Å². The van der Waals surface area contributed by atoms with Crippen LogP contribution in [-0.2, 0) is 27.4 Å². The van der Waals surface area contributed by atoms with E-state index < -0.39 is 0 Å². The van der Waals surface area contributed by atoms with Crippen molar-refractivity contribution in [1.29, 1.82) is 0 Å². The van der Waals surface area contributed by atoms with Crippen LogP contribution in [0, 0.1) is 5.92 Å². The predicted octanol–water partition coefficient (Wildman–Crippen LogP) is 1.17. The molecule has 25 heavy (non-hydrogen) atoms. The molecule has 2 heterocycles. The fraction of sp³-hybridized carbons (Fsp3) is 0.500. The second kappa shape index (κ2) is 7.65. The number of aromatic nitrogens is 2. The van der Waals surface area contributed by atoms with Gasteiger partial charge in [0.05, 0.1) is 30.8 Å². The van der Waals surface area contributed by atoms with Gasteiger partial charge in [-0.25, -0.2) is 4.98 Å². The van der Waals surface area contributed by atoms with E-state index in [1.54, 1.807) is 0 Å². The number of amides is 2. The molecule has 2 aromatic rings. The van der Waals surface area contributed by atoms with E-state index in [-0.39, 0.29) is 24.3 Å². The smallest absolute Gasteiger partial charge is 0.242 e. The Bertz CT molecular complexity index is 763. The highest BCUT2D eigenvalue weighted by Gasteiger charge is 2.20. The number of carbonyl (C=O) groups is 2. The average molecular weight is 344 g/mol. The Morgan fingerprint density at radius 1 is 1.24 bits per heavy atom. The molecule has 1 saturated heterocycles. The second-order valence-corrected chi connectivity index (χ2v) is 6.47. The van der Waals surface area contributed by atoms with Gasteiger partial charge in [-0.3, -0.25) is 9.59 Å². The summed E-state index contributed by atoms with van der Waals surface area (Å²) < 4.78 is 7.20. The maximum absolute atomic E-state index is 12.6. The van der Waals surface area contributed by atoms with E-state index >= 15 is 0 Å². The molecule has 1 aromatic carbocycles. The van der Waals surface area contributed by atoms with E-state index in [9.17, 15) is 9.59 Å². The van der Waals surface area contributed by atoms with Crippen LogP contribution in [0.5, 0.6) is 0 Å². The number of morpholine rings is 1. The van der Waals surface area contributed by atoms with Gasteiger partial charge in [0.15, 0.2) is 0 Å². The van der Waals surface area contributed by atoms with Crippen LogP contribution in [0.4, 0.5) is 0 Å². The van der Waals surface area contributed by atoms with Crippen molar-refractivity contribution in [2.75, 3.05) is 26.3 Å². The number of nitrogens with zero attached hydrogens (tertiary/aromatic N) is 3.